The fourth-order valence-corrected chi connectivity index (χ4v) is 2.89. The van der Waals surface area contributed by atoms with E-state index in [4.69, 9.17) is 4.74 Å². The number of ether oxygens (including phenoxy) is 1. The van der Waals surface area contributed by atoms with Crippen LogP contribution in [0.1, 0.15) is 18.5 Å². The Kier molecular flexibility index (Phi) is 5.37. The first-order chi connectivity index (χ1) is 12.5. The molecule has 1 N–H and O–H groups in total. The average Bonchev–Trinajstić information content (AvgIpc) is 2.64. The molecule has 0 saturated carbocycles. The van der Waals surface area contributed by atoms with Gasteiger partial charge in [-0.15, -0.1) is 0 Å². The van der Waals surface area contributed by atoms with Gasteiger partial charge in [-0.2, -0.15) is 5.10 Å². The zero-order valence-corrected chi connectivity index (χ0v) is 15.8. The minimum atomic E-state index is -0.457. The molecule has 1 aromatic heterocycles. The van der Waals surface area contributed by atoms with Crippen molar-refractivity contribution >= 4 is 21.6 Å². The van der Waals surface area contributed by atoms with Gasteiger partial charge in [0.25, 0.3) is 5.56 Å². The number of rotatable bonds is 5. The second-order valence-corrected chi connectivity index (χ2v) is 6.56. The van der Waals surface area contributed by atoms with Crippen molar-refractivity contribution in [1.29, 1.82) is 0 Å². The second-order valence-electron chi connectivity index (χ2n) is 5.77. The van der Waals surface area contributed by atoms with Gasteiger partial charge in [0.2, 0.25) is 0 Å². The molecule has 0 fully saturated rings. The van der Waals surface area contributed by atoms with E-state index in [9.17, 15) is 9.18 Å². The van der Waals surface area contributed by atoms with E-state index in [2.05, 4.69) is 26.3 Å². The zero-order chi connectivity index (χ0) is 18.7. The molecule has 2 aromatic carbocycles. The summed E-state index contributed by atoms with van der Waals surface area (Å²) in [7, 11) is 1.57. The minimum absolute atomic E-state index is 0.156. The van der Waals surface area contributed by atoms with Crippen LogP contribution in [0, 0.1) is 5.82 Å². The first-order valence-corrected chi connectivity index (χ1v) is 8.75. The summed E-state index contributed by atoms with van der Waals surface area (Å²) >= 11 is 3.27. The highest BCUT2D eigenvalue weighted by atomic mass is 79.9. The molecule has 1 unspecified atom stereocenters. The molecule has 0 spiro atoms. The predicted molar refractivity (Wildman–Crippen MR) is 102 cm³/mol. The summed E-state index contributed by atoms with van der Waals surface area (Å²) in [6, 6.07) is 13.6. The summed E-state index contributed by atoms with van der Waals surface area (Å²) in [5.41, 5.74) is 1.01. The quantitative estimate of drug-likeness (QED) is 0.656. The van der Waals surface area contributed by atoms with E-state index in [1.54, 1.807) is 37.5 Å². The van der Waals surface area contributed by atoms with Gasteiger partial charge in [0.1, 0.15) is 10.2 Å². The molecule has 26 heavy (non-hydrogen) atoms. The number of aryl methyl sites for hydroxylation is 1. The van der Waals surface area contributed by atoms with Crippen LogP contribution in [0.3, 0.4) is 0 Å². The zero-order valence-electron chi connectivity index (χ0n) is 14.2. The first kappa shape index (κ1) is 18.1. The lowest BCUT2D eigenvalue weighted by Crippen LogP contribution is -2.22. The maximum atomic E-state index is 14.4. The molecule has 3 rings (SSSR count). The Balaban J connectivity index is 1.78. The van der Waals surface area contributed by atoms with Crippen LogP contribution in [0.4, 0.5) is 10.1 Å². The summed E-state index contributed by atoms with van der Waals surface area (Å²) < 4.78 is 21.6. The molecule has 1 atom stereocenters. The fourth-order valence-electron chi connectivity index (χ4n) is 2.41. The third kappa shape index (κ3) is 3.94. The molecule has 0 aliphatic heterocycles. The maximum absolute atomic E-state index is 14.4. The van der Waals surface area contributed by atoms with E-state index in [1.807, 2.05) is 25.1 Å². The summed E-state index contributed by atoms with van der Waals surface area (Å²) in [4.78, 5) is 11.9. The molecule has 0 radical (unpaired) electrons. The van der Waals surface area contributed by atoms with E-state index in [0.29, 0.717) is 15.9 Å². The van der Waals surface area contributed by atoms with Crippen molar-refractivity contribution in [3.8, 4) is 11.5 Å². The van der Waals surface area contributed by atoms with Gasteiger partial charge in [0.15, 0.2) is 11.6 Å². The van der Waals surface area contributed by atoms with Gasteiger partial charge in [-0.3, -0.25) is 4.79 Å². The van der Waals surface area contributed by atoms with Crippen LogP contribution >= 0.6 is 15.9 Å². The molecule has 0 aliphatic rings. The molecule has 0 saturated heterocycles. The number of nitrogens with one attached hydrogen (secondary N) is 1. The lowest BCUT2D eigenvalue weighted by Gasteiger charge is -2.17. The van der Waals surface area contributed by atoms with Gasteiger partial charge in [-0.05, 0) is 52.7 Å². The molecular weight excluding hydrogens is 401 g/mol. The topological polar surface area (TPSA) is 56.2 Å². The lowest BCUT2D eigenvalue weighted by molar-refractivity contribution is 0.441. The summed E-state index contributed by atoms with van der Waals surface area (Å²) in [6.45, 7) is 1.87. The van der Waals surface area contributed by atoms with Crippen molar-refractivity contribution in [3.63, 3.8) is 0 Å². The van der Waals surface area contributed by atoms with E-state index in [-0.39, 0.29) is 17.4 Å². The summed E-state index contributed by atoms with van der Waals surface area (Å²) in [6.07, 6.45) is 1.55. The van der Waals surface area contributed by atoms with Crippen LogP contribution in [0.15, 0.2) is 64.0 Å². The molecule has 1 heterocycles. The van der Waals surface area contributed by atoms with Crippen LogP contribution in [-0.2, 0) is 7.05 Å². The van der Waals surface area contributed by atoms with Gasteiger partial charge in [0, 0.05) is 13.1 Å². The Morgan fingerprint density at radius 3 is 2.65 bits per heavy atom. The van der Waals surface area contributed by atoms with Gasteiger partial charge < -0.3 is 10.1 Å². The molecule has 0 bridgehead atoms. The predicted octanol–water partition coefficient (Wildman–Crippen LogP) is 4.65. The van der Waals surface area contributed by atoms with Crippen LogP contribution in [0.2, 0.25) is 0 Å². The summed E-state index contributed by atoms with van der Waals surface area (Å²) in [5, 5.41) is 7.14. The van der Waals surface area contributed by atoms with Crippen molar-refractivity contribution in [3.05, 3.63) is 80.9 Å². The molecule has 0 amide bonds. The Labute approximate surface area is 158 Å². The van der Waals surface area contributed by atoms with Crippen LogP contribution in [-0.4, -0.2) is 9.78 Å². The van der Waals surface area contributed by atoms with E-state index >= 15 is 0 Å². The van der Waals surface area contributed by atoms with Crippen molar-refractivity contribution in [2.45, 2.75) is 13.0 Å². The molecule has 3 aromatic rings. The van der Waals surface area contributed by atoms with Crippen LogP contribution in [0.25, 0.3) is 0 Å². The number of hydrogen-bond donors (Lipinski definition) is 1. The van der Waals surface area contributed by atoms with Crippen molar-refractivity contribution in [2.75, 3.05) is 5.32 Å². The number of halogens is 2. The summed E-state index contributed by atoms with van der Waals surface area (Å²) in [5.74, 6) is 0.269. The Hall–Kier alpha value is -2.67. The first-order valence-electron chi connectivity index (χ1n) is 7.96. The van der Waals surface area contributed by atoms with Crippen LogP contribution in [0.5, 0.6) is 11.5 Å². The average molecular weight is 418 g/mol. The molecular formula is C19H17BrFN3O2. The van der Waals surface area contributed by atoms with Crippen molar-refractivity contribution < 1.29 is 9.13 Å². The number of aromatic nitrogens is 2. The number of nitrogens with zero attached hydrogens (tertiary/aromatic N) is 2. The standard InChI is InChI=1S/C19H17BrFN3O2/c1-12(23-16-11-22-24(2)19(25)18(16)20)13-8-9-17(15(21)10-13)26-14-6-4-3-5-7-14/h3-12,23H,1-2H3. The minimum Gasteiger partial charge on any atom is -0.454 e. The maximum Gasteiger partial charge on any atom is 0.282 e. The second kappa shape index (κ2) is 7.70. The highest BCUT2D eigenvalue weighted by molar-refractivity contribution is 9.10. The highest BCUT2D eigenvalue weighted by Crippen LogP contribution is 2.29. The van der Waals surface area contributed by atoms with Crippen LogP contribution < -0.4 is 15.6 Å². The number of benzene rings is 2. The Bertz CT molecular complexity index is 976. The third-order valence-corrected chi connectivity index (χ3v) is 4.64. The molecule has 7 heteroatoms. The monoisotopic (exact) mass is 417 g/mol. The van der Waals surface area contributed by atoms with E-state index < -0.39 is 5.82 Å². The largest absolute Gasteiger partial charge is 0.454 e. The van der Waals surface area contributed by atoms with Gasteiger partial charge in [-0.1, -0.05) is 24.3 Å². The Morgan fingerprint density at radius 1 is 1.23 bits per heavy atom. The van der Waals surface area contributed by atoms with E-state index in [1.165, 1.54) is 10.7 Å². The van der Waals surface area contributed by atoms with Gasteiger partial charge >= 0.3 is 0 Å². The lowest BCUT2D eigenvalue weighted by atomic mass is 10.1. The van der Waals surface area contributed by atoms with Crippen molar-refractivity contribution in [1.82, 2.24) is 9.78 Å². The molecule has 5 nitrogen and oxygen atoms in total. The number of hydrogen-bond acceptors (Lipinski definition) is 4. The van der Waals surface area contributed by atoms with E-state index in [0.717, 1.165) is 5.56 Å². The van der Waals surface area contributed by atoms with Gasteiger partial charge in [0.05, 0.1) is 11.9 Å². The fraction of sp³-hybridized carbons (Fsp3) is 0.158. The van der Waals surface area contributed by atoms with Gasteiger partial charge in [-0.25, -0.2) is 9.07 Å². The highest BCUT2D eigenvalue weighted by Gasteiger charge is 2.14. The Morgan fingerprint density at radius 2 is 1.96 bits per heavy atom. The smallest absolute Gasteiger partial charge is 0.282 e. The normalized spacial score (nSPS) is 11.8. The number of anilines is 1. The molecule has 134 valence electrons. The molecule has 0 aliphatic carbocycles. The number of para-hydroxylation sites is 1. The third-order valence-electron chi connectivity index (χ3n) is 3.88. The van der Waals surface area contributed by atoms with Crippen molar-refractivity contribution in [2.24, 2.45) is 7.05 Å². The SMILES string of the molecule is CC(Nc1cnn(C)c(=O)c1Br)c1ccc(Oc2ccccc2)c(F)c1.